The Morgan fingerprint density at radius 2 is 1.93 bits per heavy atom. The number of nitrogens with zero attached hydrogens (tertiary/aromatic N) is 8. The van der Waals surface area contributed by atoms with E-state index in [0.29, 0.717) is 5.69 Å². The van der Waals surface area contributed by atoms with Gasteiger partial charge >= 0.3 is 0 Å². The molecule has 0 bridgehead atoms. The van der Waals surface area contributed by atoms with Crippen LogP contribution >= 0.6 is 0 Å². The molecule has 0 atom stereocenters. The van der Waals surface area contributed by atoms with Gasteiger partial charge in [-0.1, -0.05) is 6.07 Å². The SMILES string of the molecule is Cc1nc2ccccn2c1C(=O)N(C)C1CN(c2ccc3nnc(C)n3n2)C1. The molecule has 1 saturated heterocycles. The van der Waals surface area contributed by atoms with Gasteiger partial charge in [0.05, 0.1) is 11.7 Å². The number of pyridine rings is 1. The number of fused-ring (bicyclic) bond motifs is 2. The van der Waals surface area contributed by atoms with Crippen LogP contribution in [0.15, 0.2) is 36.5 Å². The highest BCUT2D eigenvalue weighted by Gasteiger charge is 2.35. The summed E-state index contributed by atoms with van der Waals surface area (Å²) in [5.74, 6) is 1.60. The van der Waals surface area contributed by atoms with E-state index < -0.39 is 0 Å². The number of likely N-dealkylation sites (N-methyl/N-ethyl adjacent to an activating group) is 1. The van der Waals surface area contributed by atoms with Crippen molar-refractivity contribution in [2.24, 2.45) is 0 Å². The second kappa shape index (κ2) is 6.01. The number of hydrogen-bond acceptors (Lipinski definition) is 6. The number of amides is 1. The smallest absolute Gasteiger partial charge is 0.272 e. The van der Waals surface area contributed by atoms with Crippen molar-refractivity contribution in [2.45, 2.75) is 19.9 Å². The van der Waals surface area contributed by atoms with E-state index in [2.05, 4.69) is 25.2 Å². The first kappa shape index (κ1) is 16.7. The second-order valence-electron chi connectivity index (χ2n) is 7.16. The van der Waals surface area contributed by atoms with Crippen molar-refractivity contribution in [3.63, 3.8) is 0 Å². The van der Waals surface area contributed by atoms with Crippen LogP contribution in [0.1, 0.15) is 22.0 Å². The third-order valence-corrected chi connectivity index (χ3v) is 5.37. The average Bonchev–Trinajstić information content (AvgIpc) is 3.19. The Bertz CT molecular complexity index is 1200. The average molecular weight is 376 g/mol. The lowest BCUT2D eigenvalue weighted by molar-refractivity contribution is 0.0697. The van der Waals surface area contributed by atoms with E-state index in [1.54, 1.807) is 4.52 Å². The quantitative estimate of drug-likeness (QED) is 0.537. The summed E-state index contributed by atoms with van der Waals surface area (Å²) in [7, 11) is 1.85. The lowest BCUT2D eigenvalue weighted by atomic mass is 10.1. The predicted molar refractivity (Wildman–Crippen MR) is 104 cm³/mol. The van der Waals surface area contributed by atoms with Gasteiger partial charge < -0.3 is 9.80 Å². The van der Waals surface area contributed by atoms with Crippen molar-refractivity contribution in [1.82, 2.24) is 34.1 Å². The topological polar surface area (TPSA) is 83.9 Å². The molecule has 4 aromatic rings. The Morgan fingerprint density at radius 3 is 2.75 bits per heavy atom. The fourth-order valence-electron chi connectivity index (χ4n) is 3.65. The molecular formula is C19H20N8O. The monoisotopic (exact) mass is 376 g/mol. The molecule has 4 aromatic heterocycles. The number of imidazole rings is 1. The number of aromatic nitrogens is 6. The summed E-state index contributed by atoms with van der Waals surface area (Å²) in [4.78, 5) is 21.6. The maximum absolute atomic E-state index is 13.1. The van der Waals surface area contributed by atoms with Gasteiger partial charge in [0.2, 0.25) is 0 Å². The third-order valence-electron chi connectivity index (χ3n) is 5.37. The fourth-order valence-corrected chi connectivity index (χ4v) is 3.65. The molecule has 5 rings (SSSR count). The molecule has 9 nitrogen and oxygen atoms in total. The van der Waals surface area contributed by atoms with Crippen LogP contribution in [0.3, 0.4) is 0 Å². The molecule has 9 heteroatoms. The van der Waals surface area contributed by atoms with Crippen LogP contribution in [0.5, 0.6) is 0 Å². The third kappa shape index (κ3) is 2.43. The summed E-state index contributed by atoms with van der Waals surface area (Å²) >= 11 is 0. The number of carbonyl (C=O) groups is 1. The van der Waals surface area contributed by atoms with Crippen molar-refractivity contribution in [3.8, 4) is 0 Å². The van der Waals surface area contributed by atoms with Gasteiger partial charge in [0, 0.05) is 26.3 Å². The van der Waals surface area contributed by atoms with Gasteiger partial charge in [-0.25, -0.2) is 4.98 Å². The Morgan fingerprint density at radius 1 is 1.11 bits per heavy atom. The molecule has 0 unspecified atom stereocenters. The fraction of sp³-hybridized carbons (Fsp3) is 0.316. The molecule has 28 heavy (non-hydrogen) atoms. The largest absolute Gasteiger partial charge is 0.351 e. The summed E-state index contributed by atoms with van der Waals surface area (Å²) in [6.07, 6.45) is 1.88. The van der Waals surface area contributed by atoms with E-state index >= 15 is 0 Å². The number of hydrogen-bond donors (Lipinski definition) is 0. The van der Waals surface area contributed by atoms with Crippen molar-refractivity contribution in [2.75, 3.05) is 25.0 Å². The van der Waals surface area contributed by atoms with E-state index in [0.717, 1.165) is 41.7 Å². The summed E-state index contributed by atoms with van der Waals surface area (Å²) in [5, 5.41) is 12.7. The van der Waals surface area contributed by atoms with Crippen molar-refractivity contribution >= 4 is 23.0 Å². The van der Waals surface area contributed by atoms with E-state index in [4.69, 9.17) is 0 Å². The van der Waals surface area contributed by atoms with Gasteiger partial charge in [0.25, 0.3) is 5.91 Å². The maximum atomic E-state index is 13.1. The molecule has 142 valence electrons. The van der Waals surface area contributed by atoms with Crippen LogP contribution in [-0.2, 0) is 0 Å². The molecule has 0 spiro atoms. The van der Waals surface area contributed by atoms with E-state index in [9.17, 15) is 4.79 Å². The minimum absolute atomic E-state index is 0.0149. The van der Waals surface area contributed by atoms with Crippen molar-refractivity contribution in [3.05, 3.63) is 53.7 Å². The van der Waals surface area contributed by atoms with Crippen LogP contribution in [0.2, 0.25) is 0 Å². The molecule has 0 aliphatic carbocycles. The van der Waals surface area contributed by atoms with Crippen molar-refractivity contribution in [1.29, 1.82) is 0 Å². The molecule has 0 N–H and O–H groups in total. The predicted octanol–water partition coefficient (Wildman–Crippen LogP) is 1.35. The van der Waals surface area contributed by atoms with Crippen LogP contribution in [-0.4, -0.2) is 66.2 Å². The highest BCUT2D eigenvalue weighted by molar-refractivity contribution is 5.95. The van der Waals surface area contributed by atoms with Crippen LogP contribution in [0.25, 0.3) is 11.3 Å². The van der Waals surface area contributed by atoms with Gasteiger partial charge in [0.15, 0.2) is 11.5 Å². The lowest BCUT2D eigenvalue weighted by Crippen LogP contribution is -2.60. The summed E-state index contributed by atoms with van der Waals surface area (Å²) in [6, 6.07) is 9.71. The van der Waals surface area contributed by atoms with Crippen LogP contribution < -0.4 is 4.90 Å². The zero-order valence-electron chi connectivity index (χ0n) is 15.9. The van der Waals surface area contributed by atoms with Crippen LogP contribution in [0.4, 0.5) is 5.82 Å². The first-order valence-corrected chi connectivity index (χ1v) is 9.18. The van der Waals surface area contributed by atoms with E-state index in [1.165, 1.54) is 0 Å². The molecule has 5 heterocycles. The Balaban J connectivity index is 1.34. The molecule has 0 aromatic carbocycles. The highest BCUT2D eigenvalue weighted by Crippen LogP contribution is 2.23. The number of anilines is 1. The summed E-state index contributed by atoms with van der Waals surface area (Å²) in [6.45, 7) is 5.22. The molecule has 0 saturated carbocycles. The Labute approximate surface area is 161 Å². The Kier molecular flexibility index (Phi) is 3.58. The lowest BCUT2D eigenvalue weighted by Gasteiger charge is -2.44. The zero-order valence-corrected chi connectivity index (χ0v) is 15.9. The number of rotatable bonds is 3. The summed E-state index contributed by atoms with van der Waals surface area (Å²) in [5.41, 5.74) is 2.88. The van der Waals surface area contributed by atoms with Crippen LogP contribution in [0, 0.1) is 13.8 Å². The minimum Gasteiger partial charge on any atom is -0.351 e. The molecule has 1 aliphatic heterocycles. The Hall–Kier alpha value is -3.49. The standard InChI is InChI=1S/C19H20N8O/c1-12-18(26-9-5-4-6-15(26)20-12)19(28)24(3)14-10-25(11-14)17-8-7-16-22-21-13(2)27(16)23-17/h4-9,14H,10-11H2,1-3H3. The second-order valence-corrected chi connectivity index (χ2v) is 7.16. The number of aryl methyl sites for hydroxylation is 2. The van der Waals surface area contributed by atoms with Gasteiger partial charge in [0.1, 0.15) is 17.2 Å². The highest BCUT2D eigenvalue weighted by atomic mass is 16.2. The summed E-state index contributed by atoms with van der Waals surface area (Å²) < 4.78 is 3.59. The van der Waals surface area contributed by atoms with Gasteiger partial charge in [-0.2, -0.15) is 4.52 Å². The maximum Gasteiger partial charge on any atom is 0.272 e. The normalized spacial score (nSPS) is 14.6. The van der Waals surface area contributed by atoms with E-state index in [-0.39, 0.29) is 11.9 Å². The molecule has 1 aliphatic rings. The molecular weight excluding hydrogens is 356 g/mol. The van der Waals surface area contributed by atoms with E-state index in [1.807, 2.05) is 66.7 Å². The van der Waals surface area contributed by atoms with Gasteiger partial charge in [-0.15, -0.1) is 15.3 Å². The molecule has 0 radical (unpaired) electrons. The first-order valence-electron chi connectivity index (χ1n) is 9.18. The van der Waals surface area contributed by atoms with Crippen molar-refractivity contribution < 1.29 is 4.79 Å². The first-order chi connectivity index (χ1) is 13.5. The molecule has 1 amide bonds. The van der Waals surface area contributed by atoms with Gasteiger partial charge in [-0.3, -0.25) is 9.20 Å². The minimum atomic E-state index is -0.0149. The number of carbonyl (C=O) groups excluding carboxylic acids is 1. The zero-order chi connectivity index (χ0) is 19.4. The van der Waals surface area contributed by atoms with Gasteiger partial charge in [-0.05, 0) is 38.1 Å². The molecule has 1 fully saturated rings.